The van der Waals surface area contributed by atoms with Crippen LogP contribution in [0, 0.1) is 12.8 Å². The highest BCUT2D eigenvalue weighted by Crippen LogP contribution is 2.33. The summed E-state index contributed by atoms with van der Waals surface area (Å²) in [5.74, 6) is -0.563. The van der Waals surface area contributed by atoms with Crippen LogP contribution in [0.1, 0.15) is 25.0 Å². The maximum Gasteiger partial charge on any atom is 0.326 e. The highest BCUT2D eigenvalue weighted by atomic mass is 16.4. The first-order valence-electron chi connectivity index (χ1n) is 6.26. The lowest BCUT2D eigenvalue weighted by Crippen LogP contribution is -2.43. The molecule has 1 atom stereocenters. The fourth-order valence-electron chi connectivity index (χ4n) is 1.95. The molecule has 0 bridgehead atoms. The number of aliphatic carboxylic acids is 1. The van der Waals surface area contributed by atoms with Crippen molar-refractivity contribution in [3.8, 4) is 0 Å². The van der Waals surface area contributed by atoms with Gasteiger partial charge in [-0.2, -0.15) is 5.10 Å². The molecular formula is C12H18N4O3. The van der Waals surface area contributed by atoms with E-state index in [2.05, 4.69) is 15.7 Å². The Bertz CT molecular complexity index is 493. The van der Waals surface area contributed by atoms with Crippen molar-refractivity contribution in [2.45, 2.75) is 32.2 Å². The third kappa shape index (κ3) is 3.70. The average Bonchev–Trinajstić information content (AvgIpc) is 3.05. The number of carboxylic acids is 1. The summed E-state index contributed by atoms with van der Waals surface area (Å²) in [6.45, 7) is 1.77. The summed E-state index contributed by atoms with van der Waals surface area (Å²) in [6.07, 6.45) is 4.27. The maximum absolute atomic E-state index is 11.8. The summed E-state index contributed by atoms with van der Waals surface area (Å²) in [7, 11) is 1.75. The van der Waals surface area contributed by atoms with Gasteiger partial charge in [-0.15, -0.1) is 0 Å². The zero-order chi connectivity index (χ0) is 14.0. The first-order valence-corrected chi connectivity index (χ1v) is 6.26. The summed E-state index contributed by atoms with van der Waals surface area (Å²) < 4.78 is 1.59. The molecule has 1 aromatic heterocycles. The molecule has 7 heteroatoms. The van der Waals surface area contributed by atoms with Crippen LogP contribution in [0.25, 0.3) is 0 Å². The number of anilines is 1. The number of nitrogens with zero attached hydrogens (tertiary/aromatic N) is 2. The number of urea groups is 1. The van der Waals surface area contributed by atoms with Gasteiger partial charge in [0.25, 0.3) is 0 Å². The number of hydrogen-bond donors (Lipinski definition) is 3. The number of carbonyl (C=O) groups is 2. The number of amides is 2. The van der Waals surface area contributed by atoms with Crippen LogP contribution >= 0.6 is 0 Å². The number of carbonyl (C=O) groups excluding carboxylic acids is 1. The van der Waals surface area contributed by atoms with Crippen LogP contribution in [0.3, 0.4) is 0 Å². The lowest BCUT2D eigenvalue weighted by molar-refractivity contribution is -0.139. The SMILES string of the molecule is Cc1nn(C)cc1NC(=O)N[C@@H](CC1CC1)C(=O)O. The molecule has 2 rings (SSSR count). The molecule has 0 radical (unpaired) electrons. The van der Waals surface area contributed by atoms with Crippen LogP contribution in [-0.4, -0.2) is 32.9 Å². The van der Waals surface area contributed by atoms with Crippen molar-refractivity contribution >= 4 is 17.7 Å². The molecule has 104 valence electrons. The number of aryl methyl sites for hydroxylation is 2. The number of rotatable bonds is 5. The van der Waals surface area contributed by atoms with Crippen molar-refractivity contribution in [2.24, 2.45) is 13.0 Å². The predicted molar refractivity (Wildman–Crippen MR) is 68.9 cm³/mol. The zero-order valence-electron chi connectivity index (χ0n) is 11.0. The molecule has 0 unspecified atom stereocenters. The standard InChI is InChI=1S/C12H18N4O3/c1-7-10(6-16(2)15-7)14-12(19)13-9(11(17)18)5-8-3-4-8/h6,8-9H,3-5H2,1-2H3,(H,17,18)(H2,13,14,19)/t9-/m0/s1. The predicted octanol–water partition coefficient (Wildman–Crippen LogP) is 1.10. The van der Waals surface area contributed by atoms with Crippen LogP contribution < -0.4 is 10.6 Å². The summed E-state index contributed by atoms with van der Waals surface area (Å²) in [4.78, 5) is 22.8. The monoisotopic (exact) mass is 266 g/mol. The molecule has 0 saturated heterocycles. The van der Waals surface area contributed by atoms with E-state index >= 15 is 0 Å². The van der Waals surface area contributed by atoms with Crippen molar-refractivity contribution in [3.05, 3.63) is 11.9 Å². The third-order valence-corrected chi connectivity index (χ3v) is 3.13. The Kier molecular flexibility index (Phi) is 3.73. The molecule has 1 fully saturated rings. The van der Waals surface area contributed by atoms with Crippen LogP contribution in [0.5, 0.6) is 0 Å². The van der Waals surface area contributed by atoms with E-state index in [4.69, 9.17) is 5.11 Å². The summed E-state index contributed by atoms with van der Waals surface area (Å²) >= 11 is 0. The third-order valence-electron chi connectivity index (χ3n) is 3.13. The molecule has 1 aliphatic carbocycles. The van der Waals surface area contributed by atoms with E-state index < -0.39 is 18.0 Å². The van der Waals surface area contributed by atoms with Gasteiger partial charge in [0.15, 0.2) is 0 Å². The van der Waals surface area contributed by atoms with E-state index in [9.17, 15) is 9.59 Å². The Balaban J connectivity index is 1.91. The average molecular weight is 266 g/mol. The molecule has 2 amide bonds. The highest BCUT2D eigenvalue weighted by molar-refractivity contribution is 5.92. The Hall–Kier alpha value is -2.05. The summed E-state index contributed by atoms with van der Waals surface area (Å²) in [5.41, 5.74) is 1.27. The van der Waals surface area contributed by atoms with E-state index in [1.807, 2.05) is 0 Å². The highest BCUT2D eigenvalue weighted by Gasteiger charge is 2.30. The van der Waals surface area contributed by atoms with Gasteiger partial charge in [0, 0.05) is 13.2 Å². The van der Waals surface area contributed by atoms with Crippen molar-refractivity contribution in [2.75, 3.05) is 5.32 Å². The second-order valence-corrected chi connectivity index (χ2v) is 4.97. The molecular weight excluding hydrogens is 248 g/mol. The van der Waals surface area contributed by atoms with Gasteiger partial charge in [-0.05, 0) is 19.3 Å². The Morgan fingerprint density at radius 3 is 2.74 bits per heavy atom. The van der Waals surface area contributed by atoms with E-state index in [-0.39, 0.29) is 0 Å². The Morgan fingerprint density at radius 1 is 1.58 bits per heavy atom. The fraction of sp³-hybridized carbons (Fsp3) is 0.583. The van der Waals surface area contributed by atoms with Gasteiger partial charge in [0.05, 0.1) is 11.4 Å². The number of hydrogen-bond acceptors (Lipinski definition) is 3. The molecule has 0 spiro atoms. The summed E-state index contributed by atoms with van der Waals surface area (Å²) in [6, 6.07) is -1.34. The first-order chi connectivity index (χ1) is 8.95. The first kappa shape index (κ1) is 13.4. The fourth-order valence-corrected chi connectivity index (χ4v) is 1.95. The van der Waals surface area contributed by atoms with Crippen LogP contribution in [-0.2, 0) is 11.8 Å². The van der Waals surface area contributed by atoms with Crippen molar-refractivity contribution < 1.29 is 14.7 Å². The van der Waals surface area contributed by atoms with Gasteiger partial charge in [-0.3, -0.25) is 4.68 Å². The smallest absolute Gasteiger partial charge is 0.326 e. The van der Waals surface area contributed by atoms with Crippen LogP contribution in [0.2, 0.25) is 0 Å². The normalized spacial score (nSPS) is 15.9. The van der Waals surface area contributed by atoms with Crippen molar-refractivity contribution in [3.63, 3.8) is 0 Å². The molecule has 1 aliphatic rings. The quantitative estimate of drug-likeness (QED) is 0.743. The number of carboxylic acid groups (broad SMARTS) is 1. The molecule has 0 aromatic carbocycles. The van der Waals surface area contributed by atoms with E-state index in [1.165, 1.54) is 0 Å². The number of nitrogens with one attached hydrogen (secondary N) is 2. The second kappa shape index (κ2) is 5.29. The van der Waals surface area contributed by atoms with E-state index in [0.717, 1.165) is 12.8 Å². The molecule has 19 heavy (non-hydrogen) atoms. The lowest BCUT2D eigenvalue weighted by atomic mass is 10.1. The topological polar surface area (TPSA) is 96.3 Å². The van der Waals surface area contributed by atoms with Gasteiger partial charge in [0.1, 0.15) is 6.04 Å². The van der Waals surface area contributed by atoms with Gasteiger partial charge in [-0.1, -0.05) is 12.8 Å². The van der Waals surface area contributed by atoms with Gasteiger partial charge < -0.3 is 15.7 Å². The zero-order valence-corrected chi connectivity index (χ0v) is 11.0. The van der Waals surface area contributed by atoms with Crippen molar-refractivity contribution in [1.82, 2.24) is 15.1 Å². The largest absolute Gasteiger partial charge is 0.480 e. The van der Waals surface area contributed by atoms with E-state index in [1.54, 1.807) is 24.9 Å². The minimum absolute atomic E-state index is 0.432. The molecule has 7 nitrogen and oxygen atoms in total. The second-order valence-electron chi connectivity index (χ2n) is 4.97. The van der Waals surface area contributed by atoms with Crippen LogP contribution in [0.4, 0.5) is 10.5 Å². The minimum atomic E-state index is -0.995. The van der Waals surface area contributed by atoms with Gasteiger partial charge in [0.2, 0.25) is 0 Å². The summed E-state index contributed by atoms with van der Waals surface area (Å²) in [5, 5.41) is 18.3. The van der Waals surface area contributed by atoms with Gasteiger partial charge in [-0.25, -0.2) is 9.59 Å². The molecule has 1 saturated carbocycles. The lowest BCUT2D eigenvalue weighted by Gasteiger charge is -2.14. The maximum atomic E-state index is 11.8. The molecule has 0 aliphatic heterocycles. The molecule has 1 aromatic rings. The molecule has 1 heterocycles. The van der Waals surface area contributed by atoms with Gasteiger partial charge >= 0.3 is 12.0 Å². The minimum Gasteiger partial charge on any atom is -0.480 e. The van der Waals surface area contributed by atoms with Crippen molar-refractivity contribution in [1.29, 1.82) is 0 Å². The number of aromatic nitrogens is 2. The Morgan fingerprint density at radius 2 is 2.26 bits per heavy atom. The van der Waals surface area contributed by atoms with E-state index in [0.29, 0.717) is 23.7 Å². The molecule has 3 N–H and O–H groups in total. The van der Waals surface area contributed by atoms with Crippen LogP contribution in [0.15, 0.2) is 6.20 Å². The Labute approximate surface area is 111 Å².